The van der Waals surface area contributed by atoms with Crippen LogP contribution in [0.4, 0.5) is 10.6 Å². The number of carboxylic acids is 1. The summed E-state index contributed by atoms with van der Waals surface area (Å²) in [6, 6.07) is 13.4. The summed E-state index contributed by atoms with van der Waals surface area (Å²) in [6.07, 6.45) is 3.16. The van der Waals surface area contributed by atoms with E-state index in [0.29, 0.717) is 26.1 Å². The maximum absolute atomic E-state index is 12.7. The minimum atomic E-state index is -0.803. The number of carbonyl (C=O) groups excluding carboxylic acids is 1. The van der Waals surface area contributed by atoms with Gasteiger partial charge in [0.15, 0.2) is 0 Å². The zero-order chi connectivity index (χ0) is 20.6. The van der Waals surface area contributed by atoms with E-state index in [1.165, 1.54) is 0 Å². The molecule has 0 fully saturated rings. The van der Waals surface area contributed by atoms with Crippen LogP contribution >= 0.6 is 0 Å². The van der Waals surface area contributed by atoms with Crippen LogP contribution in [-0.4, -0.2) is 46.6 Å². The number of benzene rings is 1. The van der Waals surface area contributed by atoms with Gasteiger partial charge in [-0.3, -0.25) is 4.79 Å². The average molecular weight is 396 g/mol. The molecule has 1 aromatic carbocycles. The zero-order valence-corrected chi connectivity index (χ0v) is 16.7. The number of pyridine rings is 1. The Kier molecular flexibility index (Phi) is 7.05. The highest BCUT2D eigenvalue weighted by molar-refractivity contribution is 5.75. The van der Waals surface area contributed by atoms with Gasteiger partial charge >= 0.3 is 12.0 Å². The molecule has 29 heavy (non-hydrogen) atoms. The number of aromatic nitrogens is 1. The van der Waals surface area contributed by atoms with Crippen LogP contribution in [0.15, 0.2) is 48.7 Å². The lowest BCUT2D eigenvalue weighted by molar-refractivity contribution is -0.141. The Labute approximate surface area is 171 Å². The Morgan fingerprint density at radius 1 is 1.21 bits per heavy atom. The number of urea groups is 1. The number of fused-ring (bicyclic) bond motifs is 1. The second-order valence-electron chi connectivity index (χ2n) is 7.37. The van der Waals surface area contributed by atoms with Gasteiger partial charge in [-0.15, -0.1) is 0 Å². The first-order chi connectivity index (χ1) is 14.1. The first-order valence-electron chi connectivity index (χ1n) is 10.0. The highest BCUT2D eigenvalue weighted by atomic mass is 16.4. The molecule has 2 amide bonds. The van der Waals surface area contributed by atoms with Crippen molar-refractivity contribution in [3.05, 3.63) is 59.8 Å². The van der Waals surface area contributed by atoms with Crippen molar-refractivity contribution in [1.29, 1.82) is 0 Å². The van der Waals surface area contributed by atoms with Gasteiger partial charge in [0.1, 0.15) is 5.82 Å². The van der Waals surface area contributed by atoms with E-state index in [1.54, 1.807) is 18.0 Å². The van der Waals surface area contributed by atoms with Crippen molar-refractivity contribution >= 4 is 17.8 Å². The molecule has 2 unspecified atom stereocenters. The quantitative estimate of drug-likeness (QED) is 0.624. The summed E-state index contributed by atoms with van der Waals surface area (Å²) in [5, 5.41) is 15.7. The van der Waals surface area contributed by atoms with Crippen molar-refractivity contribution < 1.29 is 14.7 Å². The highest BCUT2D eigenvalue weighted by Gasteiger charge is 2.31. The molecule has 0 spiro atoms. The second-order valence-corrected chi connectivity index (χ2v) is 7.37. The number of anilines is 1. The Morgan fingerprint density at radius 2 is 2.00 bits per heavy atom. The van der Waals surface area contributed by atoms with Crippen molar-refractivity contribution in [1.82, 2.24) is 15.2 Å². The SMILES string of the molecule is CC(C(=O)O)C1CCN(C(=O)NCCCNc2ccccn2)Cc2ccccc21. The van der Waals surface area contributed by atoms with Crippen LogP contribution in [0.5, 0.6) is 0 Å². The minimum absolute atomic E-state index is 0.0935. The molecule has 7 heteroatoms. The average Bonchev–Trinajstić information content (AvgIpc) is 2.93. The minimum Gasteiger partial charge on any atom is -0.481 e. The van der Waals surface area contributed by atoms with Crippen LogP contribution in [0.2, 0.25) is 0 Å². The van der Waals surface area contributed by atoms with E-state index >= 15 is 0 Å². The van der Waals surface area contributed by atoms with Crippen LogP contribution in [0.3, 0.4) is 0 Å². The summed E-state index contributed by atoms with van der Waals surface area (Å²) in [5.41, 5.74) is 2.06. The fourth-order valence-corrected chi connectivity index (χ4v) is 3.72. The molecule has 154 valence electrons. The molecule has 3 rings (SSSR count). The lowest BCUT2D eigenvalue weighted by Crippen LogP contribution is -2.40. The molecular formula is C22H28N4O3. The van der Waals surface area contributed by atoms with Gasteiger partial charge in [-0.05, 0) is 42.0 Å². The van der Waals surface area contributed by atoms with Crippen molar-refractivity contribution in [2.45, 2.75) is 32.2 Å². The number of carbonyl (C=O) groups is 2. The first kappa shape index (κ1) is 20.6. The van der Waals surface area contributed by atoms with Crippen molar-refractivity contribution in [3.63, 3.8) is 0 Å². The third-order valence-corrected chi connectivity index (χ3v) is 5.41. The lowest BCUT2D eigenvalue weighted by atomic mass is 9.83. The third-order valence-electron chi connectivity index (χ3n) is 5.41. The summed E-state index contributed by atoms with van der Waals surface area (Å²) >= 11 is 0. The summed E-state index contributed by atoms with van der Waals surface area (Å²) in [5.74, 6) is -0.564. The maximum atomic E-state index is 12.7. The Bertz CT molecular complexity index is 828. The molecule has 0 saturated heterocycles. The van der Waals surface area contributed by atoms with Gasteiger partial charge in [-0.25, -0.2) is 9.78 Å². The number of hydrogen-bond acceptors (Lipinski definition) is 4. The van der Waals surface area contributed by atoms with Gasteiger partial charge in [0.25, 0.3) is 0 Å². The van der Waals surface area contributed by atoms with E-state index in [2.05, 4.69) is 15.6 Å². The number of aliphatic carboxylic acids is 1. The summed E-state index contributed by atoms with van der Waals surface area (Å²) < 4.78 is 0. The molecule has 1 aromatic heterocycles. The van der Waals surface area contributed by atoms with Gasteiger partial charge in [0, 0.05) is 32.4 Å². The van der Waals surface area contributed by atoms with E-state index in [-0.39, 0.29) is 11.9 Å². The van der Waals surface area contributed by atoms with Crippen molar-refractivity contribution in [3.8, 4) is 0 Å². The molecule has 1 aliphatic rings. The number of carboxylic acid groups (broad SMARTS) is 1. The molecule has 0 radical (unpaired) electrons. The van der Waals surface area contributed by atoms with Gasteiger partial charge in [0.05, 0.1) is 5.92 Å². The van der Waals surface area contributed by atoms with Gasteiger partial charge in [-0.2, -0.15) is 0 Å². The Balaban J connectivity index is 1.53. The number of nitrogens with zero attached hydrogens (tertiary/aromatic N) is 2. The molecule has 0 aliphatic carbocycles. The van der Waals surface area contributed by atoms with Crippen LogP contribution in [-0.2, 0) is 11.3 Å². The molecule has 2 aromatic rings. The van der Waals surface area contributed by atoms with Gasteiger partial charge in [0.2, 0.25) is 0 Å². The first-order valence-corrected chi connectivity index (χ1v) is 10.0. The Hall–Kier alpha value is -3.09. The number of hydrogen-bond donors (Lipinski definition) is 3. The van der Waals surface area contributed by atoms with E-state index in [1.807, 2.05) is 42.5 Å². The van der Waals surface area contributed by atoms with Crippen LogP contribution in [0.1, 0.15) is 36.8 Å². The number of amides is 2. The van der Waals surface area contributed by atoms with Crippen LogP contribution in [0, 0.1) is 5.92 Å². The fourth-order valence-electron chi connectivity index (χ4n) is 3.72. The molecule has 7 nitrogen and oxygen atoms in total. The summed E-state index contributed by atoms with van der Waals surface area (Å²) in [6.45, 7) is 4.06. The third kappa shape index (κ3) is 5.47. The van der Waals surface area contributed by atoms with Crippen molar-refractivity contribution in [2.75, 3.05) is 25.0 Å². The normalized spacial score (nSPS) is 17.0. The molecule has 2 heterocycles. The predicted octanol–water partition coefficient (Wildman–Crippen LogP) is 3.30. The summed E-state index contributed by atoms with van der Waals surface area (Å²) in [7, 11) is 0. The van der Waals surface area contributed by atoms with Crippen LogP contribution < -0.4 is 10.6 Å². The number of nitrogens with one attached hydrogen (secondary N) is 2. The molecule has 0 saturated carbocycles. The van der Waals surface area contributed by atoms with E-state index in [0.717, 1.165) is 29.9 Å². The smallest absolute Gasteiger partial charge is 0.317 e. The molecule has 0 bridgehead atoms. The zero-order valence-electron chi connectivity index (χ0n) is 16.7. The maximum Gasteiger partial charge on any atom is 0.317 e. The van der Waals surface area contributed by atoms with Gasteiger partial charge in [-0.1, -0.05) is 37.3 Å². The van der Waals surface area contributed by atoms with Gasteiger partial charge < -0.3 is 20.6 Å². The van der Waals surface area contributed by atoms with Crippen LogP contribution in [0.25, 0.3) is 0 Å². The topological polar surface area (TPSA) is 94.6 Å². The standard InChI is InChI=1S/C22H28N4O3/c1-16(21(27)28)18-10-14-26(15-17-7-2-3-8-19(17)18)22(29)25-13-6-12-24-20-9-4-5-11-23-20/h2-5,7-9,11,16,18H,6,10,12-15H2,1H3,(H,23,24)(H,25,29)(H,27,28). The lowest BCUT2D eigenvalue weighted by Gasteiger charge is -2.22. The second kappa shape index (κ2) is 9.91. The van der Waals surface area contributed by atoms with E-state index in [4.69, 9.17) is 0 Å². The molecule has 2 atom stereocenters. The number of rotatable bonds is 7. The molecule has 1 aliphatic heterocycles. The molecule has 3 N–H and O–H groups in total. The predicted molar refractivity (Wildman–Crippen MR) is 112 cm³/mol. The summed E-state index contributed by atoms with van der Waals surface area (Å²) in [4.78, 5) is 30.2. The highest BCUT2D eigenvalue weighted by Crippen LogP contribution is 2.34. The van der Waals surface area contributed by atoms with Crippen molar-refractivity contribution in [2.24, 2.45) is 5.92 Å². The van der Waals surface area contributed by atoms with E-state index in [9.17, 15) is 14.7 Å². The molecular weight excluding hydrogens is 368 g/mol. The Morgan fingerprint density at radius 3 is 2.76 bits per heavy atom. The largest absolute Gasteiger partial charge is 0.481 e. The monoisotopic (exact) mass is 396 g/mol. The van der Waals surface area contributed by atoms with E-state index < -0.39 is 11.9 Å². The fraction of sp³-hybridized carbons (Fsp3) is 0.409.